The summed E-state index contributed by atoms with van der Waals surface area (Å²) in [6, 6.07) is 7.53. The molecule has 14 heavy (non-hydrogen) atoms. The summed E-state index contributed by atoms with van der Waals surface area (Å²) in [6.45, 7) is 5.37. The first-order valence-electron chi connectivity index (χ1n) is 4.56. The van der Waals surface area contributed by atoms with Gasteiger partial charge < -0.3 is 5.73 Å². The van der Waals surface area contributed by atoms with Crippen LogP contribution in [-0.2, 0) is 4.79 Å². The Morgan fingerprint density at radius 2 is 1.57 bits per heavy atom. The van der Waals surface area contributed by atoms with Crippen LogP contribution in [-0.4, -0.2) is 5.78 Å². The summed E-state index contributed by atoms with van der Waals surface area (Å²) in [4.78, 5) is 11.1. The first kappa shape index (κ1) is 10.5. The molecular weight excluding hydrogens is 174 g/mol. The number of allylic oxidation sites excluding steroid dienone is 2. The van der Waals surface area contributed by atoms with Crippen LogP contribution in [0.2, 0.25) is 0 Å². The zero-order valence-corrected chi connectivity index (χ0v) is 8.79. The lowest BCUT2D eigenvalue weighted by atomic mass is 10.0. The second-order valence-corrected chi connectivity index (χ2v) is 3.43. The van der Waals surface area contributed by atoms with Crippen molar-refractivity contribution in [2.24, 2.45) is 0 Å². The van der Waals surface area contributed by atoms with Crippen LogP contribution in [0, 0.1) is 0 Å². The number of ketones is 1. The number of carbonyl (C=O) groups is 1. The maximum absolute atomic E-state index is 11.1. The molecule has 0 aliphatic rings. The van der Waals surface area contributed by atoms with Crippen molar-refractivity contribution in [3.8, 4) is 0 Å². The molecule has 2 heteroatoms. The van der Waals surface area contributed by atoms with Crippen LogP contribution >= 0.6 is 0 Å². The van der Waals surface area contributed by atoms with Gasteiger partial charge in [-0.1, -0.05) is 12.1 Å². The molecule has 0 aromatic heterocycles. The van der Waals surface area contributed by atoms with Gasteiger partial charge in [0.25, 0.3) is 0 Å². The van der Waals surface area contributed by atoms with Gasteiger partial charge in [-0.3, -0.25) is 4.79 Å². The van der Waals surface area contributed by atoms with E-state index in [9.17, 15) is 4.79 Å². The zero-order valence-electron chi connectivity index (χ0n) is 8.79. The van der Waals surface area contributed by atoms with Crippen molar-refractivity contribution >= 4 is 17.0 Å². The summed E-state index contributed by atoms with van der Waals surface area (Å²) in [5, 5.41) is 0. The minimum atomic E-state index is 0.110. The Morgan fingerprint density at radius 3 is 2.00 bits per heavy atom. The summed E-state index contributed by atoms with van der Waals surface area (Å²) < 4.78 is 0. The van der Waals surface area contributed by atoms with E-state index in [2.05, 4.69) is 0 Å². The largest absolute Gasteiger partial charge is 0.399 e. The molecule has 0 fully saturated rings. The molecule has 0 radical (unpaired) electrons. The van der Waals surface area contributed by atoms with Crippen LogP contribution in [0.3, 0.4) is 0 Å². The zero-order chi connectivity index (χ0) is 10.7. The van der Waals surface area contributed by atoms with E-state index in [0.29, 0.717) is 0 Å². The van der Waals surface area contributed by atoms with Crippen molar-refractivity contribution in [2.45, 2.75) is 20.8 Å². The molecule has 0 aliphatic heterocycles. The van der Waals surface area contributed by atoms with Gasteiger partial charge in [0.15, 0.2) is 5.78 Å². The molecule has 0 atom stereocenters. The van der Waals surface area contributed by atoms with Crippen LogP contribution < -0.4 is 5.73 Å². The number of hydrogen-bond acceptors (Lipinski definition) is 2. The molecule has 2 N–H and O–H groups in total. The number of anilines is 1. The molecule has 74 valence electrons. The van der Waals surface area contributed by atoms with Crippen LogP contribution in [0.1, 0.15) is 26.3 Å². The molecule has 0 saturated carbocycles. The first-order valence-corrected chi connectivity index (χ1v) is 4.56. The average Bonchev–Trinajstić information content (AvgIpc) is 2.16. The maximum atomic E-state index is 11.1. The molecule has 0 aliphatic carbocycles. The Morgan fingerprint density at radius 1 is 1.07 bits per heavy atom. The monoisotopic (exact) mass is 189 g/mol. The normalized spacial score (nSPS) is 12.2. The average molecular weight is 189 g/mol. The summed E-state index contributed by atoms with van der Waals surface area (Å²) >= 11 is 0. The molecule has 0 spiro atoms. The van der Waals surface area contributed by atoms with Gasteiger partial charge in [0.2, 0.25) is 0 Å². The molecular formula is C12H15NO. The molecule has 0 heterocycles. The Kier molecular flexibility index (Phi) is 3.07. The lowest BCUT2D eigenvalue weighted by Crippen LogP contribution is -1.95. The summed E-state index contributed by atoms with van der Waals surface area (Å²) in [5.74, 6) is 0.110. The van der Waals surface area contributed by atoms with Crippen molar-refractivity contribution in [1.82, 2.24) is 0 Å². The fraction of sp³-hybridized carbons (Fsp3) is 0.250. The second-order valence-electron chi connectivity index (χ2n) is 3.43. The topological polar surface area (TPSA) is 43.1 Å². The van der Waals surface area contributed by atoms with Gasteiger partial charge >= 0.3 is 0 Å². The predicted octanol–water partition coefficient (Wildman–Crippen LogP) is 2.65. The van der Waals surface area contributed by atoms with Crippen LogP contribution in [0.4, 0.5) is 5.69 Å². The fourth-order valence-corrected chi connectivity index (χ4v) is 1.21. The number of carbonyl (C=O) groups excluding carboxylic acids is 1. The standard InChI is InChI=1S/C12H15NO/c1-8(10(3)14)9(2)11-4-6-12(13)7-5-11/h4-7H,13H2,1-3H3/b9-8+. The molecule has 1 rings (SSSR count). The summed E-state index contributed by atoms with van der Waals surface area (Å²) in [7, 11) is 0. The van der Waals surface area contributed by atoms with E-state index in [-0.39, 0.29) is 5.78 Å². The van der Waals surface area contributed by atoms with Gasteiger partial charge in [0.1, 0.15) is 0 Å². The van der Waals surface area contributed by atoms with Gasteiger partial charge in [-0.15, -0.1) is 0 Å². The van der Waals surface area contributed by atoms with E-state index in [1.807, 2.05) is 38.1 Å². The predicted molar refractivity (Wildman–Crippen MR) is 59.8 cm³/mol. The highest BCUT2D eigenvalue weighted by atomic mass is 16.1. The Labute approximate surface area is 84.4 Å². The SMILES string of the molecule is CC(=O)/C(C)=C(\C)c1ccc(N)cc1. The third-order valence-corrected chi connectivity index (χ3v) is 2.43. The number of nitrogen functional groups attached to an aromatic ring is 1. The van der Waals surface area contributed by atoms with E-state index in [0.717, 1.165) is 22.4 Å². The van der Waals surface area contributed by atoms with Crippen LogP contribution in [0.25, 0.3) is 5.57 Å². The molecule has 2 nitrogen and oxygen atoms in total. The lowest BCUT2D eigenvalue weighted by Gasteiger charge is -2.05. The maximum Gasteiger partial charge on any atom is 0.155 e. The minimum Gasteiger partial charge on any atom is -0.399 e. The van der Waals surface area contributed by atoms with Crippen molar-refractivity contribution in [2.75, 3.05) is 5.73 Å². The Balaban J connectivity index is 3.12. The number of benzene rings is 1. The van der Waals surface area contributed by atoms with Gasteiger partial charge in [-0.25, -0.2) is 0 Å². The van der Waals surface area contributed by atoms with E-state index >= 15 is 0 Å². The highest BCUT2D eigenvalue weighted by molar-refractivity contribution is 6.00. The van der Waals surface area contributed by atoms with E-state index in [4.69, 9.17) is 5.73 Å². The summed E-state index contributed by atoms with van der Waals surface area (Å²) in [6.07, 6.45) is 0. The third kappa shape index (κ3) is 2.22. The van der Waals surface area contributed by atoms with E-state index < -0.39 is 0 Å². The van der Waals surface area contributed by atoms with Crippen LogP contribution in [0.15, 0.2) is 29.8 Å². The first-order chi connectivity index (χ1) is 6.52. The molecule has 0 unspecified atom stereocenters. The fourth-order valence-electron chi connectivity index (χ4n) is 1.21. The van der Waals surface area contributed by atoms with Gasteiger partial charge in [0.05, 0.1) is 0 Å². The van der Waals surface area contributed by atoms with Gasteiger partial charge in [0, 0.05) is 5.69 Å². The highest BCUT2D eigenvalue weighted by Crippen LogP contribution is 2.19. The molecule has 1 aromatic carbocycles. The van der Waals surface area contributed by atoms with E-state index in [1.165, 1.54) is 0 Å². The van der Waals surface area contributed by atoms with E-state index in [1.54, 1.807) is 6.92 Å². The van der Waals surface area contributed by atoms with Crippen molar-refractivity contribution in [1.29, 1.82) is 0 Å². The quantitative estimate of drug-likeness (QED) is 0.574. The molecule has 0 bridgehead atoms. The number of nitrogens with two attached hydrogens (primary N) is 1. The Hall–Kier alpha value is -1.57. The molecule has 1 aromatic rings. The van der Waals surface area contributed by atoms with Crippen molar-refractivity contribution in [3.63, 3.8) is 0 Å². The summed E-state index contributed by atoms with van der Waals surface area (Å²) in [5.41, 5.74) is 9.18. The van der Waals surface area contributed by atoms with Crippen LogP contribution in [0.5, 0.6) is 0 Å². The second kappa shape index (κ2) is 4.09. The molecule has 0 saturated heterocycles. The number of Topliss-reactive ketones (excluding diaryl/α,β-unsaturated/α-hetero) is 1. The Bertz CT molecular complexity index is 374. The van der Waals surface area contributed by atoms with Crippen molar-refractivity contribution < 1.29 is 4.79 Å². The third-order valence-electron chi connectivity index (χ3n) is 2.43. The van der Waals surface area contributed by atoms with Crippen molar-refractivity contribution in [3.05, 3.63) is 35.4 Å². The van der Waals surface area contributed by atoms with Gasteiger partial charge in [-0.05, 0) is 49.6 Å². The molecule has 0 amide bonds. The smallest absolute Gasteiger partial charge is 0.155 e. The minimum absolute atomic E-state index is 0.110. The number of hydrogen-bond donors (Lipinski definition) is 1. The van der Waals surface area contributed by atoms with Gasteiger partial charge in [-0.2, -0.15) is 0 Å². The lowest BCUT2D eigenvalue weighted by molar-refractivity contribution is -0.113. The number of rotatable bonds is 2. The highest BCUT2D eigenvalue weighted by Gasteiger charge is 2.03.